The third-order valence-corrected chi connectivity index (χ3v) is 7.78. The molecule has 12 heteroatoms. The Hall–Kier alpha value is -2.02. The standard InChI is InChI=1S/C19H26FN5O4S2/c1-21-31(27,28)24-8-6-23(7-9-24)17-5-4-14(10-16(17)20)25-12-15(29-19(25)26)11-22-18(30)13-2-3-13/h4-5,10,13,15,21H,2-3,6-9,11-12H2,1H3,(H,22,30)/t15-/m0/s1. The topological polar surface area (TPSA) is 94.2 Å². The van der Waals surface area contributed by atoms with Gasteiger partial charge in [0.25, 0.3) is 10.2 Å². The van der Waals surface area contributed by atoms with E-state index in [2.05, 4.69) is 10.0 Å². The quantitative estimate of drug-likeness (QED) is 0.575. The average Bonchev–Trinajstić information content (AvgIpc) is 3.55. The Balaban J connectivity index is 1.36. The first-order valence-corrected chi connectivity index (χ1v) is 12.1. The summed E-state index contributed by atoms with van der Waals surface area (Å²) in [5.74, 6) is -0.0169. The molecule has 9 nitrogen and oxygen atoms in total. The molecule has 31 heavy (non-hydrogen) atoms. The van der Waals surface area contributed by atoms with Gasteiger partial charge in [-0.2, -0.15) is 12.7 Å². The maximum absolute atomic E-state index is 14.9. The number of rotatable bonds is 7. The summed E-state index contributed by atoms with van der Waals surface area (Å²) in [6.45, 7) is 2.03. The van der Waals surface area contributed by atoms with Gasteiger partial charge in [-0.25, -0.2) is 13.9 Å². The fourth-order valence-corrected chi connectivity index (χ4v) is 4.98. The van der Waals surface area contributed by atoms with Crippen molar-refractivity contribution in [1.82, 2.24) is 14.3 Å². The van der Waals surface area contributed by atoms with Gasteiger partial charge in [0.1, 0.15) is 11.9 Å². The van der Waals surface area contributed by atoms with Crippen molar-refractivity contribution in [3.05, 3.63) is 24.0 Å². The van der Waals surface area contributed by atoms with Crippen LogP contribution in [0.2, 0.25) is 0 Å². The lowest BCUT2D eigenvalue weighted by molar-refractivity contribution is 0.143. The van der Waals surface area contributed by atoms with Crippen LogP contribution >= 0.6 is 12.2 Å². The van der Waals surface area contributed by atoms with Gasteiger partial charge in [-0.15, -0.1) is 0 Å². The summed E-state index contributed by atoms with van der Waals surface area (Å²) in [5.41, 5.74) is 0.806. The van der Waals surface area contributed by atoms with Crippen molar-refractivity contribution in [2.24, 2.45) is 5.92 Å². The summed E-state index contributed by atoms with van der Waals surface area (Å²) < 4.78 is 47.7. The number of cyclic esters (lactones) is 1. The summed E-state index contributed by atoms with van der Waals surface area (Å²) in [6.07, 6.45) is 1.35. The van der Waals surface area contributed by atoms with Gasteiger partial charge in [-0.05, 0) is 31.0 Å². The molecule has 0 unspecified atom stereocenters. The molecule has 1 saturated carbocycles. The van der Waals surface area contributed by atoms with Crippen LogP contribution in [0.1, 0.15) is 12.8 Å². The molecule has 4 rings (SSSR count). The number of hydrogen-bond acceptors (Lipinski definition) is 6. The van der Waals surface area contributed by atoms with Gasteiger partial charge < -0.3 is 15.0 Å². The van der Waals surface area contributed by atoms with E-state index in [-0.39, 0.29) is 19.2 Å². The lowest BCUT2D eigenvalue weighted by Gasteiger charge is -2.35. The van der Waals surface area contributed by atoms with Gasteiger partial charge in [0.2, 0.25) is 0 Å². The molecule has 1 amide bonds. The Morgan fingerprint density at radius 1 is 1.26 bits per heavy atom. The second kappa shape index (κ2) is 8.85. The van der Waals surface area contributed by atoms with Crippen LogP contribution in [0.3, 0.4) is 0 Å². The number of thiocarbonyl (C=S) groups is 1. The lowest BCUT2D eigenvalue weighted by atomic mass is 10.2. The molecule has 0 radical (unpaired) electrons. The highest BCUT2D eigenvalue weighted by molar-refractivity contribution is 7.87. The van der Waals surface area contributed by atoms with E-state index in [0.717, 1.165) is 17.8 Å². The third-order valence-electron chi connectivity index (χ3n) is 5.75. The number of nitrogens with zero attached hydrogens (tertiary/aromatic N) is 3. The molecule has 1 aromatic rings. The molecule has 0 spiro atoms. The second-order valence-electron chi connectivity index (χ2n) is 7.87. The van der Waals surface area contributed by atoms with Gasteiger partial charge in [-0.3, -0.25) is 4.90 Å². The van der Waals surface area contributed by atoms with Crippen LogP contribution in [0.4, 0.5) is 20.6 Å². The van der Waals surface area contributed by atoms with E-state index in [9.17, 15) is 17.6 Å². The van der Waals surface area contributed by atoms with Crippen molar-refractivity contribution < 1.29 is 22.3 Å². The normalized spacial score (nSPS) is 22.5. The Kier molecular flexibility index (Phi) is 6.33. The van der Waals surface area contributed by atoms with E-state index in [1.54, 1.807) is 17.0 Å². The highest BCUT2D eigenvalue weighted by Gasteiger charge is 2.34. The van der Waals surface area contributed by atoms with Crippen molar-refractivity contribution in [3.63, 3.8) is 0 Å². The van der Waals surface area contributed by atoms with Crippen molar-refractivity contribution in [3.8, 4) is 0 Å². The van der Waals surface area contributed by atoms with E-state index in [4.69, 9.17) is 17.0 Å². The molecule has 1 aromatic carbocycles. The summed E-state index contributed by atoms with van der Waals surface area (Å²) in [6, 6.07) is 4.62. The van der Waals surface area contributed by atoms with Crippen LogP contribution in [-0.4, -0.2) is 76.2 Å². The summed E-state index contributed by atoms with van der Waals surface area (Å²) in [4.78, 5) is 16.3. The zero-order valence-electron chi connectivity index (χ0n) is 17.2. The first-order valence-electron chi connectivity index (χ1n) is 10.3. The van der Waals surface area contributed by atoms with Crippen molar-refractivity contribution >= 4 is 44.9 Å². The maximum Gasteiger partial charge on any atom is 0.414 e. The van der Waals surface area contributed by atoms with Gasteiger partial charge in [-0.1, -0.05) is 12.2 Å². The number of carbonyl (C=O) groups excluding carboxylic acids is 1. The van der Waals surface area contributed by atoms with E-state index in [0.29, 0.717) is 43.5 Å². The van der Waals surface area contributed by atoms with Crippen LogP contribution in [0, 0.1) is 11.7 Å². The van der Waals surface area contributed by atoms with Gasteiger partial charge in [0, 0.05) is 39.1 Å². The Bertz CT molecular complexity index is 964. The fraction of sp³-hybridized carbons (Fsp3) is 0.579. The number of ether oxygens (including phenoxy) is 1. The van der Waals surface area contributed by atoms with Gasteiger partial charge in [0.15, 0.2) is 0 Å². The van der Waals surface area contributed by atoms with Crippen molar-refractivity contribution in [2.45, 2.75) is 18.9 Å². The van der Waals surface area contributed by atoms with E-state index >= 15 is 0 Å². The molecular formula is C19H26FN5O4S2. The summed E-state index contributed by atoms with van der Waals surface area (Å²) >= 11 is 5.30. The molecule has 1 atom stereocenters. The zero-order valence-corrected chi connectivity index (χ0v) is 18.8. The largest absolute Gasteiger partial charge is 0.442 e. The molecular weight excluding hydrogens is 445 g/mol. The van der Waals surface area contributed by atoms with Crippen molar-refractivity contribution in [2.75, 3.05) is 56.1 Å². The van der Waals surface area contributed by atoms with Crippen molar-refractivity contribution in [1.29, 1.82) is 0 Å². The first kappa shape index (κ1) is 22.2. The number of halogens is 1. The minimum atomic E-state index is -3.49. The SMILES string of the molecule is CNS(=O)(=O)N1CCN(c2ccc(N3C[C@H](CNC(=S)C4CC4)OC3=O)cc2F)CC1. The Morgan fingerprint density at radius 3 is 2.58 bits per heavy atom. The Labute approximate surface area is 186 Å². The molecule has 3 aliphatic rings. The zero-order chi connectivity index (χ0) is 22.2. The Morgan fingerprint density at radius 2 is 1.97 bits per heavy atom. The van der Waals surface area contributed by atoms with Gasteiger partial charge >= 0.3 is 6.09 Å². The number of hydrogen-bond donors (Lipinski definition) is 2. The highest BCUT2D eigenvalue weighted by Crippen LogP contribution is 2.30. The number of anilines is 2. The van der Waals surface area contributed by atoms with Crippen LogP contribution in [-0.2, 0) is 14.9 Å². The fourth-order valence-electron chi connectivity index (χ4n) is 3.76. The van der Waals surface area contributed by atoms with Crippen LogP contribution in [0.5, 0.6) is 0 Å². The molecule has 2 saturated heterocycles. The number of carbonyl (C=O) groups is 1. The molecule has 170 valence electrons. The lowest BCUT2D eigenvalue weighted by Crippen LogP contribution is -2.51. The number of benzene rings is 1. The molecule has 0 aromatic heterocycles. The summed E-state index contributed by atoms with van der Waals surface area (Å²) in [7, 11) is -2.12. The maximum atomic E-state index is 14.9. The minimum Gasteiger partial charge on any atom is -0.442 e. The van der Waals surface area contributed by atoms with Crippen LogP contribution < -0.4 is 19.8 Å². The number of piperazine rings is 1. The predicted octanol–water partition coefficient (Wildman–Crippen LogP) is 1.06. The first-order chi connectivity index (χ1) is 14.8. The highest BCUT2D eigenvalue weighted by atomic mass is 32.2. The van der Waals surface area contributed by atoms with E-state index in [1.807, 2.05) is 0 Å². The predicted molar refractivity (Wildman–Crippen MR) is 119 cm³/mol. The van der Waals surface area contributed by atoms with Crippen LogP contribution in [0.15, 0.2) is 18.2 Å². The molecule has 2 heterocycles. The molecule has 1 aliphatic carbocycles. The van der Waals surface area contributed by atoms with E-state index in [1.165, 1.54) is 22.3 Å². The third kappa shape index (κ3) is 4.92. The number of nitrogens with one attached hydrogen (secondary N) is 2. The number of amides is 1. The molecule has 3 fully saturated rings. The second-order valence-corrected chi connectivity index (χ2v) is 10.2. The minimum absolute atomic E-state index is 0.264. The average molecular weight is 472 g/mol. The summed E-state index contributed by atoms with van der Waals surface area (Å²) in [5, 5.41) is 3.16. The molecule has 2 N–H and O–H groups in total. The monoisotopic (exact) mass is 471 g/mol. The smallest absolute Gasteiger partial charge is 0.414 e. The molecule has 0 bridgehead atoms. The van der Waals surface area contributed by atoms with Crippen LogP contribution in [0.25, 0.3) is 0 Å². The molecule has 2 aliphatic heterocycles. The van der Waals surface area contributed by atoms with Gasteiger partial charge in [0.05, 0.1) is 29.5 Å². The van der Waals surface area contributed by atoms with E-state index < -0.39 is 22.1 Å².